The summed E-state index contributed by atoms with van der Waals surface area (Å²) in [4.78, 5) is 15.5. The Labute approximate surface area is 298 Å². The summed E-state index contributed by atoms with van der Waals surface area (Å²) in [6.07, 6.45) is 9.97. The van der Waals surface area contributed by atoms with E-state index in [-0.39, 0.29) is 0 Å². The number of para-hydroxylation sites is 2. The van der Waals surface area contributed by atoms with Gasteiger partial charge < -0.3 is 8.83 Å². The van der Waals surface area contributed by atoms with Crippen molar-refractivity contribution < 1.29 is 8.83 Å². The van der Waals surface area contributed by atoms with Crippen LogP contribution < -0.4 is 0 Å². The molecule has 0 spiro atoms. The van der Waals surface area contributed by atoms with Crippen molar-refractivity contribution >= 4 is 61.1 Å². The van der Waals surface area contributed by atoms with Crippen LogP contribution in [0.1, 0.15) is 23.4 Å². The molecule has 2 aliphatic carbocycles. The number of fused-ring (bicyclic) bond motifs is 9. The second-order valence-electron chi connectivity index (χ2n) is 13.5. The molecule has 11 rings (SSSR count). The molecule has 5 nitrogen and oxygen atoms in total. The highest BCUT2D eigenvalue weighted by atomic mass is 16.3. The predicted molar refractivity (Wildman–Crippen MR) is 210 cm³/mol. The van der Waals surface area contributed by atoms with E-state index in [1.807, 2.05) is 48.5 Å². The number of rotatable bonds is 4. The van der Waals surface area contributed by atoms with Crippen LogP contribution in [0.3, 0.4) is 0 Å². The predicted octanol–water partition coefficient (Wildman–Crippen LogP) is 12.2. The highest BCUT2D eigenvalue weighted by Crippen LogP contribution is 2.44. The lowest BCUT2D eigenvalue weighted by Crippen LogP contribution is -2.10. The lowest BCUT2D eigenvalue weighted by atomic mass is 9.79. The SMILES string of the molecule is C1=CC2CC=C(c3nc(-c4ccccc4)nc(-c4ccc(-c5ccc6oc7ccccc7c6c5)c5oc6ccccc6c45)n3)C=C2c2ccccc21. The fraction of sp³-hybridized carbons (Fsp3) is 0.0426. The largest absolute Gasteiger partial charge is 0.456 e. The topological polar surface area (TPSA) is 65.0 Å². The Bertz CT molecular complexity index is 3000. The second-order valence-corrected chi connectivity index (χ2v) is 13.5. The first-order chi connectivity index (χ1) is 25.7. The maximum Gasteiger partial charge on any atom is 0.164 e. The van der Waals surface area contributed by atoms with Crippen molar-refractivity contribution in [3.8, 4) is 33.9 Å². The summed E-state index contributed by atoms with van der Waals surface area (Å²) in [5.41, 5.74) is 12.0. The van der Waals surface area contributed by atoms with Crippen LogP contribution in [0.2, 0.25) is 0 Å². The van der Waals surface area contributed by atoms with Crippen LogP contribution >= 0.6 is 0 Å². The van der Waals surface area contributed by atoms with Crippen LogP contribution in [0, 0.1) is 5.92 Å². The number of aromatic nitrogens is 3. The maximum absolute atomic E-state index is 6.71. The van der Waals surface area contributed by atoms with Gasteiger partial charge in [0.1, 0.15) is 22.3 Å². The maximum atomic E-state index is 6.71. The van der Waals surface area contributed by atoms with E-state index in [2.05, 4.69) is 109 Å². The first-order valence-electron chi connectivity index (χ1n) is 17.6. The van der Waals surface area contributed by atoms with Gasteiger partial charge in [0, 0.05) is 49.7 Å². The molecule has 5 heteroatoms. The molecule has 6 aromatic carbocycles. The van der Waals surface area contributed by atoms with Gasteiger partial charge in [-0.2, -0.15) is 0 Å². The second kappa shape index (κ2) is 11.3. The van der Waals surface area contributed by atoms with E-state index < -0.39 is 0 Å². The highest BCUT2D eigenvalue weighted by Gasteiger charge is 2.25. The molecule has 1 atom stereocenters. The van der Waals surface area contributed by atoms with E-state index in [9.17, 15) is 0 Å². The van der Waals surface area contributed by atoms with Gasteiger partial charge in [0.15, 0.2) is 17.5 Å². The fourth-order valence-corrected chi connectivity index (χ4v) is 7.93. The van der Waals surface area contributed by atoms with Crippen LogP contribution in [0.5, 0.6) is 0 Å². The fourth-order valence-electron chi connectivity index (χ4n) is 7.93. The molecule has 244 valence electrons. The van der Waals surface area contributed by atoms with Gasteiger partial charge in [-0.1, -0.05) is 115 Å². The zero-order chi connectivity index (χ0) is 34.2. The van der Waals surface area contributed by atoms with Crippen molar-refractivity contribution in [2.45, 2.75) is 6.42 Å². The van der Waals surface area contributed by atoms with Crippen LogP contribution in [0.15, 0.2) is 161 Å². The third-order valence-corrected chi connectivity index (χ3v) is 10.5. The molecule has 0 radical (unpaired) electrons. The summed E-state index contributed by atoms with van der Waals surface area (Å²) in [5, 5.41) is 4.15. The molecule has 0 saturated carbocycles. The van der Waals surface area contributed by atoms with Crippen molar-refractivity contribution in [3.63, 3.8) is 0 Å². The Morgan fingerprint density at radius 3 is 2.13 bits per heavy atom. The Balaban J connectivity index is 1.12. The monoisotopic (exact) mass is 667 g/mol. The number of furan rings is 2. The third-order valence-electron chi connectivity index (χ3n) is 10.5. The van der Waals surface area contributed by atoms with E-state index in [0.717, 1.165) is 78.1 Å². The Morgan fingerprint density at radius 2 is 1.23 bits per heavy atom. The van der Waals surface area contributed by atoms with Gasteiger partial charge in [-0.05, 0) is 71.2 Å². The zero-order valence-corrected chi connectivity index (χ0v) is 28.0. The molecule has 0 aliphatic heterocycles. The third kappa shape index (κ3) is 4.53. The lowest BCUT2D eigenvalue weighted by Gasteiger charge is -2.26. The summed E-state index contributed by atoms with van der Waals surface area (Å²) in [6.45, 7) is 0. The molecular formula is C47H29N3O2. The number of nitrogens with zero attached hydrogens (tertiary/aromatic N) is 3. The van der Waals surface area contributed by atoms with Gasteiger partial charge in [0.2, 0.25) is 0 Å². The molecule has 1 unspecified atom stereocenters. The van der Waals surface area contributed by atoms with E-state index >= 15 is 0 Å². The first kappa shape index (κ1) is 28.9. The Kier molecular flexibility index (Phi) is 6.31. The molecule has 0 bridgehead atoms. The lowest BCUT2D eigenvalue weighted by molar-refractivity contribution is 0.668. The first-order valence-corrected chi connectivity index (χ1v) is 17.6. The molecule has 0 amide bonds. The molecule has 3 heterocycles. The van der Waals surface area contributed by atoms with E-state index in [1.165, 1.54) is 16.7 Å². The molecule has 52 heavy (non-hydrogen) atoms. The van der Waals surface area contributed by atoms with Crippen molar-refractivity contribution in [2.24, 2.45) is 5.92 Å². The minimum atomic E-state index is 0.331. The number of benzene rings is 6. The van der Waals surface area contributed by atoms with Gasteiger partial charge in [0.25, 0.3) is 0 Å². The van der Waals surface area contributed by atoms with Crippen LogP contribution in [-0.4, -0.2) is 15.0 Å². The molecule has 2 aliphatic rings. The van der Waals surface area contributed by atoms with Gasteiger partial charge in [0.05, 0.1) is 0 Å². The standard InChI is InChI=1S/C47H29N3O2/c1-2-11-30(12-3-1)45-48-46(32-21-20-29-19-18-28-10-4-5-13-33(28)38(29)27-32)50-47(49-45)37-24-23-34(44-43(37)36-15-7-9-17-41(36)52-44)31-22-25-42-39(26-31)35-14-6-8-16-40(35)51-42/h1-19,21-27,29H,20H2. The van der Waals surface area contributed by atoms with Crippen molar-refractivity contribution in [3.05, 3.63) is 169 Å². The van der Waals surface area contributed by atoms with Crippen molar-refractivity contribution in [2.75, 3.05) is 0 Å². The average Bonchev–Trinajstić information content (AvgIpc) is 3.79. The molecule has 3 aromatic heterocycles. The van der Waals surface area contributed by atoms with Gasteiger partial charge >= 0.3 is 0 Å². The van der Waals surface area contributed by atoms with E-state index in [1.54, 1.807) is 0 Å². The summed E-state index contributed by atoms with van der Waals surface area (Å²) in [5.74, 6) is 2.23. The summed E-state index contributed by atoms with van der Waals surface area (Å²) >= 11 is 0. The molecule has 9 aromatic rings. The van der Waals surface area contributed by atoms with Crippen LogP contribution in [0.25, 0.3) is 95.0 Å². The molecule has 0 fully saturated rings. The quantitative estimate of drug-likeness (QED) is 0.187. The average molecular weight is 668 g/mol. The van der Waals surface area contributed by atoms with Gasteiger partial charge in [-0.25, -0.2) is 15.0 Å². The van der Waals surface area contributed by atoms with E-state index in [0.29, 0.717) is 23.4 Å². The normalized spacial score (nSPS) is 15.2. The number of hydrogen-bond donors (Lipinski definition) is 0. The minimum Gasteiger partial charge on any atom is -0.456 e. The highest BCUT2D eigenvalue weighted by molar-refractivity contribution is 6.16. The Hall–Kier alpha value is -6.85. The number of allylic oxidation sites excluding steroid dienone is 5. The molecule has 0 saturated heterocycles. The molecule has 0 N–H and O–H groups in total. The Morgan fingerprint density at radius 1 is 0.519 bits per heavy atom. The van der Waals surface area contributed by atoms with E-state index in [4.69, 9.17) is 23.8 Å². The summed E-state index contributed by atoms with van der Waals surface area (Å²) < 4.78 is 12.9. The smallest absolute Gasteiger partial charge is 0.164 e. The van der Waals surface area contributed by atoms with Crippen LogP contribution in [0.4, 0.5) is 0 Å². The van der Waals surface area contributed by atoms with Crippen LogP contribution in [-0.2, 0) is 0 Å². The van der Waals surface area contributed by atoms with Gasteiger partial charge in [-0.15, -0.1) is 0 Å². The van der Waals surface area contributed by atoms with Crippen molar-refractivity contribution in [1.82, 2.24) is 15.0 Å². The zero-order valence-electron chi connectivity index (χ0n) is 28.0. The minimum absolute atomic E-state index is 0.331. The van der Waals surface area contributed by atoms with Crippen molar-refractivity contribution in [1.29, 1.82) is 0 Å². The van der Waals surface area contributed by atoms with Gasteiger partial charge in [-0.3, -0.25) is 0 Å². The number of hydrogen-bond acceptors (Lipinski definition) is 5. The molecular weight excluding hydrogens is 639 g/mol. The summed E-state index contributed by atoms with van der Waals surface area (Å²) in [7, 11) is 0. The summed E-state index contributed by atoms with van der Waals surface area (Å²) in [6, 6.07) is 45.7.